The molecule has 27 heavy (non-hydrogen) atoms. The highest BCUT2D eigenvalue weighted by atomic mass is 35.5. The van der Waals surface area contributed by atoms with Crippen LogP contribution in [0.15, 0.2) is 53.0 Å². The van der Waals surface area contributed by atoms with Crippen molar-refractivity contribution in [3.8, 4) is 0 Å². The fourth-order valence-electron chi connectivity index (χ4n) is 3.88. The predicted octanol–water partition coefficient (Wildman–Crippen LogP) is 4.95. The van der Waals surface area contributed by atoms with Gasteiger partial charge >= 0.3 is 5.97 Å². The molecule has 0 fully saturated rings. The first-order valence-corrected chi connectivity index (χ1v) is 9.16. The van der Waals surface area contributed by atoms with Gasteiger partial charge in [-0.15, -0.1) is 0 Å². The lowest BCUT2D eigenvalue weighted by atomic mass is 9.75. The molecule has 6 heteroatoms. The number of aliphatic imine (C=N–C) groups is 1. The van der Waals surface area contributed by atoms with E-state index in [1.165, 1.54) is 7.11 Å². The molecule has 4 nitrogen and oxygen atoms in total. The minimum absolute atomic E-state index is 0.146. The highest BCUT2D eigenvalue weighted by Crippen LogP contribution is 2.50. The Morgan fingerprint density at radius 2 is 1.78 bits per heavy atom. The molecule has 0 saturated heterocycles. The lowest BCUT2D eigenvalue weighted by Crippen LogP contribution is -2.34. The van der Waals surface area contributed by atoms with E-state index >= 15 is 0 Å². The number of hydrogen-bond donors (Lipinski definition) is 0. The molecule has 1 aliphatic heterocycles. The number of carbonyl (C=O) groups excluding carboxylic acids is 2. The van der Waals surface area contributed by atoms with E-state index in [2.05, 4.69) is 4.99 Å². The fourth-order valence-corrected chi connectivity index (χ4v) is 4.30. The molecule has 0 saturated carbocycles. The van der Waals surface area contributed by atoms with Crippen LogP contribution in [-0.4, -0.2) is 24.6 Å². The van der Waals surface area contributed by atoms with Gasteiger partial charge in [-0.1, -0.05) is 59.6 Å². The number of allylic oxidation sites excluding steroid dienone is 1. The zero-order valence-corrected chi connectivity index (χ0v) is 16.1. The Morgan fingerprint density at radius 1 is 1.07 bits per heavy atom. The van der Waals surface area contributed by atoms with Crippen LogP contribution < -0.4 is 0 Å². The smallest absolute Gasteiger partial charge is 0.315 e. The van der Waals surface area contributed by atoms with Gasteiger partial charge in [-0.3, -0.25) is 14.6 Å². The molecule has 2 aliphatic rings. The van der Waals surface area contributed by atoms with Crippen LogP contribution in [0.25, 0.3) is 5.70 Å². The molecular formula is C21H15Cl2NO3. The Hall–Kier alpha value is -2.43. The van der Waals surface area contributed by atoms with Crippen LogP contribution in [-0.2, 0) is 9.53 Å². The lowest BCUT2D eigenvalue weighted by Gasteiger charge is -2.30. The molecule has 0 bridgehead atoms. The van der Waals surface area contributed by atoms with Crippen LogP contribution in [0.3, 0.4) is 0 Å². The van der Waals surface area contributed by atoms with Crippen molar-refractivity contribution in [2.45, 2.75) is 12.8 Å². The molecular weight excluding hydrogens is 385 g/mol. The number of ether oxygens (including phenoxy) is 1. The van der Waals surface area contributed by atoms with Gasteiger partial charge in [-0.2, -0.15) is 0 Å². The summed E-state index contributed by atoms with van der Waals surface area (Å²) in [6.07, 6.45) is 0. The molecule has 2 aromatic carbocycles. The van der Waals surface area contributed by atoms with E-state index in [1.807, 2.05) is 18.2 Å². The molecule has 0 amide bonds. The van der Waals surface area contributed by atoms with Crippen molar-refractivity contribution >= 4 is 46.4 Å². The zero-order valence-electron chi connectivity index (χ0n) is 14.6. The van der Waals surface area contributed by atoms with E-state index in [-0.39, 0.29) is 5.78 Å². The van der Waals surface area contributed by atoms with Crippen LogP contribution in [0.4, 0.5) is 0 Å². The monoisotopic (exact) mass is 399 g/mol. The van der Waals surface area contributed by atoms with Crippen molar-refractivity contribution in [1.29, 1.82) is 0 Å². The maximum absolute atomic E-state index is 13.2. The van der Waals surface area contributed by atoms with Crippen molar-refractivity contribution in [3.05, 3.63) is 74.8 Å². The second kappa shape index (κ2) is 6.63. The number of halogens is 2. The number of rotatable bonds is 2. The summed E-state index contributed by atoms with van der Waals surface area (Å²) < 4.78 is 5.01. The Balaban J connectivity index is 2.00. The molecule has 1 heterocycles. The number of fused-ring (bicyclic) bond motifs is 2. The third-order valence-electron chi connectivity index (χ3n) is 5.08. The minimum Gasteiger partial charge on any atom is -0.468 e. The van der Waals surface area contributed by atoms with Crippen molar-refractivity contribution in [1.82, 2.24) is 0 Å². The lowest BCUT2D eigenvalue weighted by molar-refractivity contribution is -0.143. The highest BCUT2D eigenvalue weighted by Gasteiger charge is 2.46. The average Bonchev–Trinajstić information content (AvgIpc) is 2.95. The summed E-state index contributed by atoms with van der Waals surface area (Å²) in [5.41, 5.74) is 3.58. The number of hydrogen-bond acceptors (Lipinski definition) is 4. The van der Waals surface area contributed by atoms with Gasteiger partial charge in [0.25, 0.3) is 0 Å². The van der Waals surface area contributed by atoms with Crippen LogP contribution in [0, 0.1) is 5.92 Å². The molecule has 0 aromatic heterocycles. The number of Topliss-reactive ketones (excluding diaryl/α,β-unsaturated/α-hetero) is 1. The number of methoxy groups -OCH3 is 1. The second-order valence-corrected chi connectivity index (χ2v) is 7.30. The summed E-state index contributed by atoms with van der Waals surface area (Å²) in [7, 11) is 1.32. The Labute approximate surface area is 166 Å². The third kappa shape index (κ3) is 2.63. The molecule has 136 valence electrons. The normalized spacial score (nSPS) is 20.9. The fraction of sp³-hybridized carbons (Fsp3) is 0.190. The van der Waals surface area contributed by atoms with Crippen LogP contribution in [0.2, 0.25) is 10.0 Å². The van der Waals surface area contributed by atoms with Gasteiger partial charge in [0.2, 0.25) is 0 Å². The van der Waals surface area contributed by atoms with Crippen molar-refractivity contribution in [2.24, 2.45) is 10.9 Å². The number of nitrogens with zero attached hydrogens (tertiary/aromatic N) is 1. The highest BCUT2D eigenvalue weighted by molar-refractivity contribution is 6.42. The van der Waals surface area contributed by atoms with E-state index in [9.17, 15) is 9.59 Å². The van der Waals surface area contributed by atoms with Gasteiger partial charge < -0.3 is 4.74 Å². The van der Waals surface area contributed by atoms with Crippen LogP contribution in [0.5, 0.6) is 0 Å². The van der Waals surface area contributed by atoms with Gasteiger partial charge in [0.15, 0.2) is 5.78 Å². The van der Waals surface area contributed by atoms with Crippen molar-refractivity contribution in [2.75, 3.05) is 7.11 Å². The number of ketones is 1. The maximum atomic E-state index is 13.2. The number of carbonyl (C=O) groups is 2. The molecule has 2 aromatic rings. The third-order valence-corrected chi connectivity index (χ3v) is 5.91. The second-order valence-electron chi connectivity index (χ2n) is 6.51. The molecule has 0 radical (unpaired) electrons. The largest absolute Gasteiger partial charge is 0.468 e. The standard InChI is InChI=1S/C21H15Cl2NO3/c1-10-15(21(26)27-2)16(13-8-5-9-14(22)18(13)23)17-19(24-10)11-6-3-4-7-12(11)20(17)25/h3-9,15-16H,1-2H3/t15?,16-/m1/s1. The van der Waals surface area contributed by atoms with Gasteiger partial charge in [-0.05, 0) is 18.6 Å². The Bertz CT molecular complexity index is 1060. The molecule has 1 unspecified atom stereocenters. The Morgan fingerprint density at radius 3 is 2.48 bits per heavy atom. The van der Waals surface area contributed by atoms with Crippen LogP contribution >= 0.6 is 23.2 Å². The predicted molar refractivity (Wildman–Crippen MR) is 106 cm³/mol. The first kappa shape index (κ1) is 18.0. The topological polar surface area (TPSA) is 55.7 Å². The molecule has 2 atom stereocenters. The summed E-state index contributed by atoms with van der Waals surface area (Å²) in [4.78, 5) is 30.4. The molecule has 0 N–H and O–H groups in total. The Kier molecular flexibility index (Phi) is 4.41. The van der Waals surface area contributed by atoms with Crippen molar-refractivity contribution < 1.29 is 14.3 Å². The summed E-state index contributed by atoms with van der Waals surface area (Å²) >= 11 is 12.7. The van der Waals surface area contributed by atoms with E-state index in [1.54, 1.807) is 31.2 Å². The molecule has 1 aliphatic carbocycles. The van der Waals surface area contributed by atoms with E-state index in [0.717, 1.165) is 5.56 Å². The number of benzene rings is 2. The maximum Gasteiger partial charge on any atom is 0.315 e. The molecule has 0 spiro atoms. The van der Waals surface area contributed by atoms with Crippen molar-refractivity contribution in [3.63, 3.8) is 0 Å². The average molecular weight is 400 g/mol. The van der Waals surface area contributed by atoms with Gasteiger partial charge in [0.1, 0.15) is 5.92 Å². The first-order chi connectivity index (χ1) is 13.0. The quantitative estimate of drug-likeness (QED) is 0.671. The summed E-state index contributed by atoms with van der Waals surface area (Å²) in [6, 6.07) is 12.5. The van der Waals surface area contributed by atoms with Crippen LogP contribution in [0.1, 0.15) is 34.3 Å². The summed E-state index contributed by atoms with van der Waals surface area (Å²) in [5, 5.41) is 0.687. The summed E-state index contributed by atoms with van der Waals surface area (Å²) in [6.45, 7) is 1.77. The summed E-state index contributed by atoms with van der Waals surface area (Å²) in [5.74, 6) is -1.97. The zero-order chi connectivity index (χ0) is 19.3. The van der Waals surface area contributed by atoms with Gasteiger partial charge in [0.05, 0.1) is 22.9 Å². The SMILES string of the molecule is COC(=O)C1C(C)=NC2=C(C(=O)c3ccccc32)[C@@H]1c1cccc(Cl)c1Cl. The number of esters is 1. The van der Waals surface area contributed by atoms with E-state index < -0.39 is 17.8 Å². The first-order valence-electron chi connectivity index (χ1n) is 8.41. The molecule has 4 rings (SSSR count). The van der Waals surface area contributed by atoms with Gasteiger partial charge in [0, 0.05) is 28.3 Å². The van der Waals surface area contributed by atoms with E-state index in [4.69, 9.17) is 27.9 Å². The van der Waals surface area contributed by atoms with Gasteiger partial charge in [-0.25, -0.2) is 0 Å². The minimum atomic E-state index is -0.747. The van der Waals surface area contributed by atoms with E-state index in [0.29, 0.717) is 38.2 Å².